The molecule has 0 saturated heterocycles. The normalized spacial score (nSPS) is 12.3. The van der Waals surface area contributed by atoms with Gasteiger partial charge in [-0.15, -0.1) is 0 Å². The number of hydrogen-bond acceptors (Lipinski definition) is 5. The van der Waals surface area contributed by atoms with E-state index in [9.17, 15) is 4.39 Å². The fourth-order valence-corrected chi connectivity index (χ4v) is 1.76. The van der Waals surface area contributed by atoms with Crippen LogP contribution in [0.1, 0.15) is 17.2 Å². The number of nitrogens with zero attached hydrogens (tertiary/aromatic N) is 2. The number of halogens is 1. The van der Waals surface area contributed by atoms with Crippen molar-refractivity contribution >= 4 is 5.69 Å². The second-order valence-electron chi connectivity index (χ2n) is 3.90. The van der Waals surface area contributed by atoms with Crippen LogP contribution in [-0.4, -0.2) is 9.97 Å². The quantitative estimate of drug-likeness (QED) is 0.552. The Hall–Kier alpha value is -2.05. The summed E-state index contributed by atoms with van der Waals surface area (Å²) in [4.78, 5) is 7.70. The summed E-state index contributed by atoms with van der Waals surface area (Å²) in [5.74, 6) is 5.07. The minimum absolute atomic E-state index is 0.375. The average molecular weight is 247 g/mol. The van der Waals surface area contributed by atoms with Crippen LogP contribution in [-0.2, 0) is 6.42 Å². The number of rotatable bonds is 4. The molecule has 0 amide bonds. The van der Waals surface area contributed by atoms with E-state index in [0.717, 1.165) is 11.8 Å². The molecule has 6 heteroatoms. The van der Waals surface area contributed by atoms with E-state index in [2.05, 4.69) is 15.4 Å². The number of hydrogen-bond donors (Lipinski definition) is 3. The molecular weight excluding hydrogens is 233 g/mol. The predicted molar refractivity (Wildman–Crippen MR) is 66.6 cm³/mol. The summed E-state index contributed by atoms with van der Waals surface area (Å²) in [5, 5.41) is 0. The Kier molecular flexibility index (Phi) is 3.81. The highest BCUT2D eigenvalue weighted by Crippen LogP contribution is 2.22. The molecule has 0 fully saturated rings. The highest BCUT2D eigenvalue weighted by atomic mass is 19.1. The summed E-state index contributed by atoms with van der Waals surface area (Å²) < 4.78 is 13.6. The van der Waals surface area contributed by atoms with E-state index in [1.807, 2.05) is 0 Å². The summed E-state index contributed by atoms with van der Waals surface area (Å²) in [6.07, 6.45) is 6.40. The lowest BCUT2D eigenvalue weighted by atomic mass is 10.00. The smallest absolute Gasteiger partial charge is 0.146 e. The highest BCUT2D eigenvalue weighted by Gasteiger charge is 2.16. The monoisotopic (exact) mass is 247 g/mol. The van der Waals surface area contributed by atoms with E-state index >= 15 is 0 Å². The van der Waals surface area contributed by atoms with Gasteiger partial charge in [0, 0.05) is 29.8 Å². The minimum atomic E-state index is -0.400. The van der Waals surface area contributed by atoms with Gasteiger partial charge in [0.15, 0.2) is 0 Å². The van der Waals surface area contributed by atoms with Gasteiger partial charge in [0.05, 0.1) is 12.2 Å². The zero-order valence-corrected chi connectivity index (χ0v) is 9.68. The molecule has 5 N–H and O–H groups in total. The van der Waals surface area contributed by atoms with Crippen LogP contribution in [0.2, 0.25) is 0 Å². The topological polar surface area (TPSA) is 89.8 Å². The van der Waals surface area contributed by atoms with Gasteiger partial charge in [-0.05, 0) is 24.1 Å². The van der Waals surface area contributed by atoms with Crippen molar-refractivity contribution in [2.75, 3.05) is 5.73 Å². The molecule has 1 unspecified atom stereocenters. The van der Waals surface area contributed by atoms with Crippen molar-refractivity contribution in [1.29, 1.82) is 0 Å². The Morgan fingerprint density at radius 1 is 1.22 bits per heavy atom. The maximum Gasteiger partial charge on any atom is 0.146 e. The molecular formula is C12H14FN5. The summed E-state index contributed by atoms with van der Waals surface area (Å²) in [6, 6.07) is 2.91. The molecule has 2 heterocycles. The van der Waals surface area contributed by atoms with Gasteiger partial charge in [0.2, 0.25) is 0 Å². The van der Waals surface area contributed by atoms with Crippen LogP contribution in [0.25, 0.3) is 0 Å². The number of nitrogens with one attached hydrogen (secondary N) is 1. The molecule has 0 radical (unpaired) electrons. The van der Waals surface area contributed by atoms with Gasteiger partial charge in [0.1, 0.15) is 5.82 Å². The lowest BCUT2D eigenvalue weighted by Crippen LogP contribution is -2.30. The van der Waals surface area contributed by atoms with Gasteiger partial charge in [-0.1, -0.05) is 0 Å². The van der Waals surface area contributed by atoms with Crippen LogP contribution in [0.4, 0.5) is 10.1 Å². The van der Waals surface area contributed by atoms with Crippen molar-refractivity contribution in [2.24, 2.45) is 5.84 Å². The lowest BCUT2D eigenvalue weighted by Gasteiger charge is -2.17. The van der Waals surface area contributed by atoms with Crippen LogP contribution in [0.3, 0.4) is 0 Å². The van der Waals surface area contributed by atoms with Gasteiger partial charge >= 0.3 is 0 Å². The number of pyridine rings is 2. The van der Waals surface area contributed by atoms with Crippen molar-refractivity contribution in [1.82, 2.24) is 15.4 Å². The fraction of sp³-hybridized carbons (Fsp3) is 0.167. The summed E-state index contributed by atoms with van der Waals surface area (Å²) >= 11 is 0. The van der Waals surface area contributed by atoms with Gasteiger partial charge in [0.25, 0.3) is 0 Å². The molecule has 1 atom stereocenters. The average Bonchev–Trinajstić information content (AvgIpc) is 2.39. The Morgan fingerprint density at radius 3 is 2.61 bits per heavy atom. The summed E-state index contributed by atoms with van der Waals surface area (Å²) in [7, 11) is 0. The SMILES string of the molecule is NNC(Cc1cnccc1N)c1ccncc1F. The molecule has 5 nitrogen and oxygen atoms in total. The molecule has 0 saturated carbocycles. The number of nitrogens with two attached hydrogens (primary N) is 2. The second kappa shape index (κ2) is 5.52. The van der Waals surface area contributed by atoms with E-state index < -0.39 is 5.82 Å². The minimum Gasteiger partial charge on any atom is -0.398 e. The first-order valence-electron chi connectivity index (χ1n) is 5.46. The van der Waals surface area contributed by atoms with E-state index in [-0.39, 0.29) is 6.04 Å². The third-order valence-corrected chi connectivity index (χ3v) is 2.75. The van der Waals surface area contributed by atoms with Crippen LogP contribution in [0.5, 0.6) is 0 Å². The maximum absolute atomic E-state index is 13.6. The van der Waals surface area contributed by atoms with Crippen molar-refractivity contribution in [3.8, 4) is 0 Å². The molecule has 18 heavy (non-hydrogen) atoms. The Bertz CT molecular complexity index is 531. The number of anilines is 1. The highest BCUT2D eigenvalue weighted by molar-refractivity contribution is 5.45. The first kappa shape index (κ1) is 12.4. The van der Waals surface area contributed by atoms with Crippen LogP contribution >= 0.6 is 0 Å². The van der Waals surface area contributed by atoms with Crippen molar-refractivity contribution in [3.63, 3.8) is 0 Å². The summed E-state index contributed by atoms with van der Waals surface area (Å²) in [6.45, 7) is 0. The lowest BCUT2D eigenvalue weighted by molar-refractivity contribution is 0.508. The molecule has 2 aromatic rings. The Balaban J connectivity index is 2.26. The second-order valence-corrected chi connectivity index (χ2v) is 3.90. The molecule has 0 aliphatic rings. The third-order valence-electron chi connectivity index (χ3n) is 2.75. The van der Waals surface area contributed by atoms with Gasteiger partial charge in [-0.2, -0.15) is 0 Å². The number of hydrazine groups is 1. The zero-order valence-electron chi connectivity index (χ0n) is 9.68. The van der Waals surface area contributed by atoms with Crippen LogP contribution < -0.4 is 17.0 Å². The predicted octanol–water partition coefficient (Wildman–Crippen LogP) is 0.945. The van der Waals surface area contributed by atoms with Crippen molar-refractivity contribution in [3.05, 3.63) is 53.9 Å². The molecule has 2 aromatic heterocycles. The van der Waals surface area contributed by atoms with Gasteiger partial charge in [-0.3, -0.25) is 21.2 Å². The molecule has 0 aromatic carbocycles. The molecule has 94 valence electrons. The van der Waals surface area contributed by atoms with E-state index in [1.165, 1.54) is 6.20 Å². The Labute approximate surface area is 104 Å². The van der Waals surface area contributed by atoms with Crippen LogP contribution in [0, 0.1) is 5.82 Å². The molecule has 0 spiro atoms. The summed E-state index contributed by atoms with van der Waals surface area (Å²) in [5.41, 5.74) is 10.3. The first-order chi connectivity index (χ1) is 8.72. The Morgan fingerprint density at radius 2 is 1.94 bits per heavy atom. The van der Waals surface area contributed by atoms with Gasteiger partial charge < -0.3 is 5.73 Å². The maximum atomic E-state index is 13.6. The van der Waals surface area contributed by atoms with E-state index in [0.29, 0.717) is 17.7 Å². The largest absolute Gasteiger partial charge is 0.398 e. The van der Waals surface area contributed by atoms with Crippen LogP contribution in [0.15, 0.2) is 36.9 Å². The fourth-order valence-electron chi connectivity index (χ4n) is 1.76. The van der Waals surface area contributed by atoms with Crippen molar-refractivity contribution in [2.45, 2.75) is 12.5 Å². The number of aromatic nitrogens is 2. The van der Waals surface area contributed by atoms with Crippen molar-refractivity contribution < 1.29 is 4.39 Å². The first-order valence-corrected chi connectivity index (χ1v) is 5.46. The van der Waals surface area contributed by atoms with E-state index in [4.69, 9.17) is 11.6 Å². The van der Waals surface area contributed by atoms with E-state index in [1.54, 1.807) is 24.5 Å². The molecule has 0 bridgehead atoms. The van der Waals surface area contributed by atoms with Gasteiger partial charge in [-0.25, -0.2) is 4.39 Å². The third kappa shape index (κ3) is 2.61. The number of nitrogen functional groups attached to an aromatic ring is 1. The zero-order chi connectivity index (χ0) is 13.0. The molecule has 0 aliphatic heterocycles. The molecule has 2 rings (SSSR count). The standard InChI is InChI=1S/C12H14FN5/c13-10-7-17-3-1-9(10)12(18-15)5-8-6-16-4-2-11(8)14/h1-4,6-7,12,18H,5,15H2,(H2,14,16). The molecule has 0 aliphatic carbocycles.